The fourth-order valence-corrected chi connectivity index (χ4v) is 1.23. The number of hydrogen-bond acceptors (Lipinski definition) is 2. The fraction of sp³-hybridized carbons (Fsp3) is 0.500. The van der Waals surface area contributed by atoms with Crippen molar-refractivity contribution in [2.45, 2.75) is 13.8 Å². The van der Waals surface area contributed by atoms with Crippen molar-refractivity contribution in [3.05, 3.63) is 17.0 Å². The van der Waals surface area contributed by atoms with Gasteiger partial charge in [-0.15, -0.1) is 0 Å². The summed E-state index contributed by atoms with van der Waals surface area (Å²) in [5.41, 5.74) is 2.35. The van der Waals surface area contributed by atoms with Crippen molar-refractivity contribution in [2.24, 2.45) is 7.05 Å². The van der Waals surface area contributed by atoms with Crippen LogP contribution >= 0.6 is 0 Å². The van der Waals surface area contributed by atoms with Crippen LogP contribution in [0.2, 0.25) is 0 Å². The molecule has 0 saturated carbocycles. The van der Waals surface area contributed by atoms with Crippen LogP contribution in [-0.2, 0) is 7.05 Å². The maximum absolute atomic E-state index is 11.3. The number of rotatable bonds is 1. The molecule has 0 fully saturated rings. The van der Waals surface area contributed by atoms with E-state index in [-0.39, 0.29) is 5.91 Å². The highest BCUT2D eigenvalue weighted by molar-refractivity contribution is 5.96. The van der Waals surface area contributed by atoms with Gasteiger partial charge >= 0.3 is 0 Å². The molecule has 0 radical (unpaired) electrons. The number of nitrogens with zero attached hydrogens (tertiary/aromatic N) is 2. The van der Waals surface area contributed by atoms with Crippen LogP contribution in [0.25, 0.3) is 0 Å². The van der Waals surface area contributed by atoms with Crippen molar-refractivity contribution in [1.82, 2.24) is 15.1 Å². The van der Waals surface area contributed by atoms with Gasteiger partial charge in [-0.3, -0.25) is 9.48 Å². The zero-order chi connectivity index (χ0) is 9.30. The molecule has 1 aromatic heterocycles. The summed E-state index contributed by atoms with van der Waals surface area (Å²) < 4.78 is 1.71. The Bertz CT molecular complexity index is 314. The van der Waals surface area contributed by atoms with Crippen LogP contribution in [0.15, 0.2) is 0 Å². The number of carbonyl (C=O) groups is 1. The number of hydrogen-bond donors (Lipinski definition) is 1. The van der Waals surface area contributed by atoms with E-state index in [0.717, 1.165) is 11.4 Å². The molecule has 4 heteroatoms. The first kappa shape index (κ1) is 8.77. The molecule has 0 atom stereocenters. The normalized spacial score (nSPS) is 10.0. The van der Waals surface area contributed by atoms with Crippen molar-refractivity contribution in [3.8, 4) is 0 Å². The van der Waals surface area contributed by atoms with Gasteiger partial charge in [-0.05, 0) is 13.8 Å². The first-order valence-electron chi connectivity index (χ1n) is 3.80. The second-order valence-electron chi connectivity index (χ2n) is 2.75. The van der Waals surface area contributed by atoms with E-state index in [1.807, 2.05) is 20.9 Å². The molecule has 0 aromatic carbocycles. The zero-order valence-corrected chi connectivity index (χ0v) is 7.80. The molecule has 0 saturated heterocycles. The molecule has 1 rings (SSSR count). The van der Waals surface area contributed by atoms with Crippen molar-refractivity contribution in [3.63, 3.8) is 0 Å². The van der Waals surface area contributed by atoms with Crippen LogP contribution in [0.3, 0.4) is 0 Å². The zero-order valence-electron chi connectivity index (χ0n) is 7.80. The standard InChI is InChI=1S/C8H13N3O/c1-5-7(8(12)9-3)6(2)11(4)10-5/h1-4H3,(H,9,12). The Hall–Kier alpha value is -1.32. The molecule has 1 amide bonds. The smallest absolute Gasteiger partial charge is 0.254 e. The highest BCUT2D eigenvalue weighted by Gasteiger charge is 2.15. The molecule has 1 heterocycles. The Balaban J connectivity index is 3.22. The molecule has 66 valence electrons. The van der Waals surface area contributed by atoms with E-state index in [1.165, 1.54) is 0 Å². The fourth-order valence-electron chi connectivity index (χ4n) is 1.23. The molecule has 0 bridgehead atoms. The third-order valence-electron chi connectivity index (χ3n) is 1.96. The molecule has 0 spiro atoms. The number of carbonyl (C=O) groups excluding carboxylic acids is 1. The summed E-state index contributed by atoms with van der Waals surface area (Å²) >= 11 is 0. The first-order chi connectivity index (χ1) is 5.57. The summed E-state index contributed by atoms with van der Waals surface area (Å²) in [4.78, 5) is 11.3. The molecule has 0 unspecified atom stereocenters. The van der Waals surface area contributed by atoms with Gasteiger partial charge in [0.15, 0.2) is 0 Å². The Morgan fingerprint density at radius 1 is 1.50 bits per heavy atom. The molecular weight excluding hydrogens is 154 g/mol. The average Bonchev–Trinajstić information content (AvgIpc) is 2.26. The van der Waals surface area contributed by atoms with Gasteiger partial charge in [0.05, 0.1) is 11.3 Å². The van der Waals surface area contributed by atoms with E-state index >= 15 is 0 Å². The van der Waals surface area contributed by atoms with E-state index < -0.39 is 0 Å². The molecule has 4 nitrogen and oxygen atoms in total. The minimum Gasteiger partial charge on any atom is -0.355 e. The average molecular weight is 167 g/mol. The topological polar surface area (TPSA) is 46.9 Å². The Morgan fingerprint density at radius 2 is 2.08 bits per heavy atom. The number of nitrogens with one attached hydrogen (secondary N) is 1. The monoisotopic (exact) mass is 167 g/mol. The van der Waals surface area contributed by atoms with Gasteiger partial charge < -0.3 is 5.32 Å². The van der Waals surface area contributed by atoms with Gasteiger partial charge in [-0.25, -0.2) is 0 Å². The summed E-state index contributed by atoms with van der Waals surface area (Å²) in [6, 6.07) is 0. The molecule has 0 aliphatic heterocycles. The third kappa shape index (κ3) is 1.20. The lowest BCUT2D eigenvalue weighted by Gasteiger charge is -1.98. The second kappa shape index (κ2) is 2.97. The Morgan fingerprint density at radius 3 is 2.42 bits per heavy atom. The van der Waals surface area contributed by atoms with Crippen molar-refractivity contribution < 1.29 is 4.79 Å². The highest BCUT2D eigenvalue weighted by Crippen LogP contribution is 2.10. The van der Waals surface area contributed by atoms with Crippen LogP contribution in [0.1, 0.15) is 21.7 Å². The summed E-state index contributed by atoms with van der Waals surface area (Å²) in [7, 11) is 3.45. The summed E-state index contributed by atoms with van der Waals surface area (Å²) in [5, 5.41) is 6.72. The lowest BCUT2D eigenvalue weighted by Crippen LogP contribution is -2.19. The SMILES string of the molecule is CNC(=O)c1c(C)nn(C)c1C. The van der Waals surface area contributed by atoms with Gasteiger partial charge in [-0.1, -0.05) is 0 Å². The van der Waals surface area contributed by atoms with E-state index in [9.17, 15) is 4.79 Å². The Kier molecular flexibility index (Phi) is 2.17. The lowest BCUT2D eigenvalue weighted by atomic mass is 10.2. The molecule has 1 N–H and O–H groups in total. The van der Waals surface area contributed by atoms with Crippen LogP contribution < -0.4 is 5.32 Å². The molecule has 0 aliphatic carbocycles. The van der Waals surface area contributed by atoms with E-state index in [0.29, 0.717) is 5.56 Å². The lowest BCUT2D eigenvalue weighted by molar-refractivity contribution is 0.0962. The summed E-state index contributed by atoms with van der Waals surface area (Å²) in [6.07, 6.45) is 0. The molecular formula is C8H13N3O. The summed E-state index contributed by atoms with van der Waals surface area (Å²) in [6.45, 7) is 3.71. The van der Waals surface area contributed by atoms with Crippen LogP contribution in [0.4, 0.5) is 0 Å². The predicted molar refractivity (Wildman–Crippen MR) is 46.1 cm³/mol. The van der Waals surface area contributed by atoms with Gasteiger partial charge in [0.2, 0.25) is 0 Å². The summed E-state index contributed by atoms with van der Waals surface area (Å²) in [5.74, 6) is -0.0712. The molecule has 12 heavy (non-hydrogen) atoms. The first-order valence-corrected chi connectivity index (χ1v) is 3.80. The van der Waals surface area contributed by atoms with Crippen molar-refractivity contribution in [2.75, 3.05) is 7.05 Å². The minimum absolute atomic E-state index is 0.0712. The van der Waals surface area contributed by atoms with Crippen molar-refractivity contribution >= 4 is 5.91 Å². The van der Waals surface area contributed by atoms with Gasteiger partial charge in [-0.2, -0.15) is 5.10 Å². The number of aromatic nitrogens is 2. The minimum atomic E-state index is -0.0712. The van der Waals surface area contributed by atoms with E-state index in [4.69, 9.17) is 0 Å². The second-order valence-corrected chi connectivity index (χ2v) is 2.75. The van der Waals surface area contributed by atoms with Crippen molar-refractivity contribution in [1.29, 1.82) is 0 Å². The van der Waals surface area contributed by atoms with Crippen LogP contribution in [0, 0.1) is 13.8 Å². The Labute approximate surface area is 71.6 Å². The highest BCUT2D eigenvalue weighted by atomic mass is 16.1. The molecule has 1 aromatic rings. The van der Waals surface area contributed by atoms with Crippen LogP contribution in [0.5, 0.6) is 0 Å². The van der Waals surface area contributed by atoms with Gasteiger partial charge in [0.1, 0.15) is 0 Å². The van der Waals surface area contributed by atoms with E-state index in [1.54, 1.807) is 11.7 Å². The van der Waals surface area contributed by atoms with Crippen LogP contribution in [-0.4, -0.2) is 22.7 Å². The maximum atomic E-state index is 11.3. The largest absolute Gasteiger partial charge is 0.355 e. The van der Waals surface area contributed by atoms with E-state index in [2.05, 4.69) is 10.4 Å². The third-order valence-corrected chi connectivity index (χ3v) is 1.96. The maximum Gasteiger partial charge on any atom is 0.254 e. The number of amides is 1. The number of aryl methyl sites for hydroxylation is 2. The van der Waals surface area contributed by atoms with Gasteiger partial charge in [0.25, 0.3) is 5.91 Å². The predicted octanol–water partition coefficient (Wildman–Crippen LogP) is 0.397. The molecule has 0 aliphatic rings. The quantitative estimate of drug-likeness (QED) is 0.658. The van der Waals surface area contributed by atoms with Gasteiger partial charge in [0, 0.05) is 19.8 Å².